The van der Waals surface area contributed by atoms with Gasteiger partial charge in [0.05, 0.1) is 10.7 Å². The highest BCUT2D eigenvalue weighted by molar-refractivity contribution is 7.92. The van der Waals surface area contributed by atoms with Crippen molar-refractivity contribution in [2.24, 2.45) is 0 Å². The minimum atomic E-state index is -4.01. The lowest BCUT2D eigenvalue weighted by Crippen LogP contribution is -2.17. The van der Waals surface area contributed by atoms with Crippen molar-refractivity contribution in [3.05, 3.63) is 86.9 Å². The first kappa shape index (κ1) is 22.2. The topological polar surface area (TPSA) is 75.3 Å². The number of rotatable bonds is 5. The fourth-order valence-corrected chi connectivity index (χ4v) is 4.67. The summed E-state index contributed by atoms with van der Waals surface area (Å²) in [5, 5.41) is 3.29. The Labute approximate surface area is 186 Å². The zero-order chi connectivity index (χ0) is 22.1. The molecule has 0 aliphatic heterocycles. The van der Waals surface area contributed by atoms with E-state index in [1.165, 1.54) is 18.2 Å². The molecule has 0 aromatic heterocycles. The lowest BCUT2D eigenvalue weighted by Gasteiger charge is -2.14. The van der Waals surface area contributed by atoms with Crippen LogP contribution in [0.5, 0.6) is 0 Å². The van der Waals surface area contributed by atoms with Crippen molar-refractivity contribution in [3.8, 4) is 0 Å². The third-order valence-corrected chi connectivity index (χ3v) is 7.10. The normalized spacial score (nSPS) is 11.2. The molecule has 0 bridgehead atoms. The van der Waals surface area contributed by atoms with E-state index >= 15 is 0 Å². The maximum absolute atomic E-state index is 13.0. The first-order chi connectivity index (χ1) is 14.1. The molecule has 0 aliphatic carbocycles. The van der Waals surface area contributed by atoms with Gasteiger partial charge < -0.3 is 5.32 Å². The summed E-state index contributed by atoms with van der Waals surface area (Å²) in [6.45, 7) is 5.50. The highest BCUT2D eigenvalue weighted by atomic mass is 35.5. The Bertz CT molecular complexity index is 1240. The third-order valence-electron chi connectivity index (χ3n) is 4.85. The van der Waals surface area contributed by atoms with Gasteiger partial charge in [0.2, 0.25) is 0 Å². The van der Waals surface area contributed by atoms with Crippen LogP contribution in [0.3, 0.4) is 0 Å². The van der Waals surface area contributed by atoms with Gasteiger partial charge in [-0.25, -0.2) is 8.42 Å². The van der Waals surface area contributed by atoms with Crippen LogP contribution in [0.15, 0.2) is 59.5 Å². The van der Waals surface area contributed by atoms with Crippen LogP contribution in [0.1, 0.15) is 27.0 Å². The monoisotopic (exact) mass is 462 g/mol. The van der Waals surface area contributed by atoms with Crippen LogP contribution in [0, 0.1) is 20.8 Å². The van der Waals surface area contributed by atoms with Crippen molar-refractivity contribution in [3.63, 3.8) is 0 Å². The van der Waals surface area contributed by atoms with Crippen LogP contribution in [-0.2, 0) is 10.0 Å². The van der Waals surface area contributed by atoms with Crippen LogP contribution in [0.4, 0.5) is 11.4 Å². The predicted molar refractivity (Wildman–Crippen MR) is 122 cm³/mol. The molecule has 0 atom stereocenters. The summed E-state index contributed by atoms with van der Waals surface area (Å²) < 4.78 is 28.5. The highest BCUT2D eigenvalue weighted by Gasteiger charge is 2.21. The molecule has 0 fully saturated rings. The zero-order valence-electron chi connectivity index (χ0n) is 16.6. The van der Waals surface area contributed by atoms with E-state index in [0.717, 1.165) is 11.1 Å². The first-order valence-corrected chi connectivity index (χ1v) is 11.3. The quantitative estimate of drug-likeness (QED) is 0.490. The molecule has 0 saturated heterocycles. The summed E-state index contributed by atoms with van der Waals surface area (Å²) in [5.41, 5.74) is 3.62. The molecule has 8 heteroatoms. The number of amides is 1. The van der Waals surface area contributed by atoms with Crippen LogP contribution in [0.25, 0.3) is 0 Å². The van der Waals surface area contributed by atoms with E-state index in [2.05, 4.69) is 10.0 Å². The average Bonchev–Trinajstić information content (AvgIpc) is 2.69. The van der Waals surface area contributed by atoms with Crippen LogP contribution >= 0.6 is 23.2 Å². The minimum absolute atomic E-state index is 0.0169. The van der Waals surface area contributed by atoms with E-state index in [1.54, 1.807) is 37.3 Å². The van der Waals surface area contributed by atoms with Gasteiger partial charge in [-0.3, -0.25) is 9.52 Å². The standard InChI is InChI=1S/C22H20Cl2N2O3S/c1-13-6-4-9-20(14(13)2)26-30(28,29)21-12-16(10-11-18(21)24)22(27)25-19-8-5-7-17(23)15(19)3/h4-12,26H,1-3H3,(H,25,27). The molecule has 0 saturated carbocycles. The molecule has 0 spiro atoms. The zero-order valence-corrected chi connectivity index (χ0v) is 18.9. The molecule has 3 rings (SSSR count). The molecule has 30 heavy (non-hydrogen) atoms. The molecule has 156 valence electrons. The van der Waals surface area contributed by atoms with Crippen molar-refractivity contribution in [1.29, 1.82) is 0 Å². The third kappa shape index (κ3) is 4.61. The second-order valence-corrected chi connectivity index (χ2v) is 9.33. The Morgan fingerprint density at radius 3 is 2.23 bits per heavy atom. The smallest absolute Gasteiger partial charge is 0.263 e. The van der Waals surface area contributed by atoms with Gasteiger partial charge in [0.25, 0.3) is 15.9 Å². The Balaban J connectivity index is 1.93. The molecule has 3 aromatic carbocycles. The van der Waals surface area contributed by atoms with Gasteiger partial charge in [-0.2, -0.15) is 0 Å². The summed E-state index contributed by atoms with van der Waals surface area (Å²) in [6.07, 6.45) is 0. The van der Waals surface area contributed by atoms with Crippen molar-refractivity contribution < 1.29 is 13.2 Å². The second kappa shape index (κ2) is 8.68. The maximum atomic E-state index is 13.0. The summed E-state index contributed by atoms with van der Waals surface area (Å²) >= 11 is 12.3. The number of hydrogen-bond acceptors (Lipinski definition) is 3. The molecule has 5 nitrogen and oxygen atoms in total. The Morgan fingerprint density at radius 1 is 0.833 bits per heavy atom. The van der Waals surface area contributed by atoms with Gasteiger partial charge in [0.1, 0.15) is 4.90 Å². The van der Waals surface area contributed by atoms with Crippen LogP contribution in [-0.4, -0.2) is 14.3 Å². The lowest BCUT2D eigenvalue weighted by molar-refractivity contribution is 0.102. The molecular formula is C22H20Cl2N2O3S. The van der Waals surface area contributed by atoms with Gasteiger partial charge in [0, 0.05) is 16.3 Å². The second-order valence-electron chi connectivity index (χ2n) is 6.86. The molecule has 0 heterocycles. The lowest BCUT2D eigenvalue weighted by atomic mass is 10.1. The highest BCUT2D eigenvalue weighted by Crippen LogP contribution is 2.28. The van der Waals surface area contributed by atoms with E-state index in [9.17, 15) is 13.2 Å². The molecule has 0 radical (unpaired) electrons. The number of hydrogen-bond donors (Lipinski definition) is 2. The van der Waals surface area contributed by atoms with Gasteiger partial charge in [-0.05, 0) is 73.9 Å². The SMILES string of the molecule is Cc1cccc(NS(=O)(=O)c2cc(C(=O)Nc3cccc(Cl)c3C)ccc2Cl)c1C. The van der Waals surface area contributed by atoms with E-state index in [-0.39, 0.29) is 15.5 Å². The number of carbonyl (C=O) groups is 1. The van der Waals surface area contributed by atoms with Crippen molar-refractivity contribution >= 4 is 50.5 Å². The molecule has 1 amide bonds. The van der Waals surface area contributed by atoms with Crippen LogP contribution in [0.2, 0.25) is 10.0 Å². The Kier molecular flexibility index (Phi) is 6.41. The average molecular weight is 463 g/mol. The molecule has 0 aliphatic rings. The van der Waals surface area contributed by atoms with E-state index in [0.29, 0.717) is 22.0 Å². The molecule has 3 aromatic rings. The van der Waals surface area contributed by atoms with E-state index < -0.39 is 15.9 Å². The number of anilines is 2. The van der Waals surface area contributed by atoms with Gasteiger partial charge in [0.15, 0.2) is 0 Å². The minimum Gasteiger partial charge on any atom is -0.322 e. The summed E-state index contributed by atoms with van der Waals surface area (Å²) in [6, 6.07) is 14.6. The summed E-state index contributed by atoms with van der Waals surface area (Å²) in [5.74, 6) is -0.472. The predicted octanol–water partition coefficient (Wildman–Crippen LogP) is 5.97. The summed E-state index contributed by atoms with van der Waals surface area (Å²) in [7, 11) is -4.01. The number of aryl methyl sites for hydroxylation is 1. The van der Waals surface area contributed by atoms with Crippen molar-refractivity contribution in [2.45, 2.75) is 25.7 Å². The van der Waals surface area contributed by atoms with Gasteiger partial charge in [-0.15, -0.1) is 0 Å². The number of benzene rings is 3. The molecule has 2 N–H and O–H groups in total. The fourth-order valence-electron chi connectivity index (χ4n) is 2.85. The van der Waals surface area contributed by atoms with E-state index in [4.69, 9.17) is 23.2 Å². The molecular weight excluding hydrogens is 443 g/mol. The van der Waals surface area contributed by atoms with Crippen molar-refractivity contribution in [2.75, 3.05) is 10.0 Å². The number of nitrogens with one attached hydrogen (secondary N) is 2. The maximum Gasteiger partial charge on any atom is 0.263 e. The molecule has 0 unspecified atom stereocenters. The first-order valence-electron chi connectivity index (χ1n) is 9.05. The summed E-state index contributed by atoms with van der Waals surface area (Å²) in [4.78, 5) is 12.5. The largest absolute Gasteiger partial charge is 0.322 e. The Morgan fingerprint density at radius 2 is 1.50 bits per heavy atom. The number of carbonyl (C=O) groups excluding carboxylic acids is 1. The number of halogens is 2. The number of sulfonamides is 1. The van der Waals surface area contributed by atoms with Crippen molar-refractivity contribution in [1.82, 2.24) is 0 Å². The van der Waals surface area contributed by atoms with Gasteiger partial charge >= 0.3 is 0 Å². The van der Waals surface area contributed by atoms with E-state index in [1.807, 2.05) is 19.9 Å². The fraction of sp³-hybridized carbons (Fsp3) is 0.136. The van der Waals surface area contributed by atoms with Crippen LogP contribution < -0.4 is 10.0 Å². The Hall–Kier alpha value is -2.54. The van der Waals surface area contributed by atoms with Gasteiger partial charge in [-0.1, -0.05) is 41.4 Å².